The molecule has 1 aliphatic rings. The number of benzene rings is 2. The number of sulfonamides is 1. The number of aromatic amines is 1. The Kier molecular flexibility index (Phi) is 4.30. The molecule has 2 aromatic carbocycles. The Hall–Kier alpha value is -3.30. The van der Waals surface area contributed by atoms with Crippen LogP contribution in [-0.2, 0) is 14.8 Å². The van der Waals surface area contributed by atoms with Crippen LogP contribution in [0.25, 0.3) is 21.7 Å². The predicted octanol–water partition coefficient (Wildman–Crippen LogP) is 2.82. The fourth-order valence-electron chi connectivity index (χ4n) is 3.80. The van der Waals surface area contributed by atoms with E-state index < -0.39 is 16.1 Å². The number of aryl methyl sites for hydroxylation is 1. The number of nitrogens with zero attached hydrogens (tertiary/aromatic N) is 3. The van der Waals surface area contributed by atoms with Gasteiger partial charge in [0, 0.05) is 35.4 Å². The molecule has 0 aliphatic carbocycles. The van der Waals surface area contributed by atoms with Gasteiger partial charge in [0.25, 0.3) is 0 Å². The van der Waals surface area contributed by atoms with Crippen molar-refractivity contribution in [1.29, 1.82) is 0 Å². The highest BCUT2D eigenvalue weighted by atomic mass is 32.2. The standard InChI is InChI=1S/C21H19N5O3S/c1-13-8-16-12-23-25-20(16)19(9-13)30(28,29)26-7-5-18(26)21(27)24-17-3-2-14-4-6-22-11-15(14)10-17/h2-4,6,8-12,18H,5,7H2,1H3,(H,23,25)(H,24,27)/t18-/m0/s1. The monoisotopic (exact) mass is 421 g/mol. The second-order valence-corrected chi connectivity index (χ2v) is 9.30. The lowest BCUT2D eigenvalue weighted by atomic mass is 10.1. The van der Waals surface area contributed by atoms with Gasteiger partial charge in [-0.2, -0.15) is 9.40 Å². The Morgan fingerprint density at radius 2 is 2.00 bits per heavy atom. The molecule has 1 atom stereocenters. The minimum Gasteiger partial charge on any atom is -0.325 e. The highest BCUT2D eigenvalue weighted by Crippen LogP contribution is 2.32. The van der Waals surface area contributed by atoms with Gasteiger partial charge in [-0.25, -0.2) is 8.42 Å². The van der Waals surface area contributed by atoms with Gasteiger partial charge in [-0.05, 0) is 54.6 Å². The molecule has 1 aliphatic heterocycles. The van der Waals surface area contributed by atoms with E-state index in [-0.39, 0.29) is 10.8 Å². The molecule has 9 heteroatoms. The summed E-state index contributed by atoms with van der Waals surface area (Å²) in [6.07, 6.45) is 5.49. The number of carbonyl (C=O) groups is 1. The molecule has 0 bridgehead atoms. The van der Waals surface area contributed by atoms with Crippen molar-refractivity contribution in [2.24, 2.45) is 0 Å². The van der Waals surface area contributed by atoms with Crippen LogP contribution in [0.1, 0.15) is 12.0 Å². The summed E-state index contributed by atoms with van der Waals surface area (Å²) >= 11 is 0. The summed E-state index contributed by atoms with van der Waals surface area (Å²) in [4.78, 5) is 17.1. The van der Waals surface area contributed by atoms with E-state index in [0.29, 0.717) is 24.2 Å². The lowest BCUT2D eigenvalue weighted by Crippen LogP contribution is -2.56. The summed E-state index contributed by atoms with van der Waals surface area (Å²) in [5, 5.41) is 12.2. The number of hydrogen-bond donors (Lipinski definition) is 2. The van der Waals surface area contributed by atoms with Crippen LogP contribution in [0.5, 0.6) is 0 Å². The van der Waals surface area contributed by atoms with E-state index in [1.165, 1.54) is 4.31 Å². The molecule has 1 saturated heterocycles. The summed E-state index contributed by atoms with van der Waals surface area (Å²) < 4.78 is 27.9. The Labute approximate surface area is 173 Å². The first-order valence-electron chi connectivity index (χ1n) is 9.54. The number of anilines is 1. The van der Waals surface area contributed by atoms with Crippen molar-refractivity contribution < 1.29 is 13.2 Å². The highest BCUT2D eigenvalue weighted by Gasteiger charge is 2.43. The van der Waals surface area contributed by atoms with E-state index in [2.05, 4.69) is 20.5 Å². The van der Waals surface area contributed by atoms with Gasteiger partial charge in [0.15, 0.2) is 0 Å². The molecule has 8 nitrogen and oxygen atoms in total. The fraction of sp³-hybridized carbons (Fsp3) is 0.190. The molecule has 2 N–H and O–H groups in total. The van der Waals surface area contributed by atoms with Crippen LogP contribution in [0.3, 0.4) is 0 Å². The number of amides is 1. The van der Waals surface area contributed by atoms with Gasteiger partial charge in [-0.3, -0.25) is 14.9 Å². The number of pyridine rings is 1. The minimum atomic E-state index is -3.85. The molecule has 30 heavy (non-hydrogen) atoms. The summed E-state index contributed by atoms with van der Waals surface area (Å²) in [6.45, 7) is 2.13. The minimum absolute atomic E-state index is 0.143. The quantitative estimate of drug-likeness (QED) is 0.527. The van der Waals surface area contributed by atoms with Gasteiger partial charge in [0.1, 0.15) is 10.9 Å². The normalized spacial score (nSPS) is 17.2. The van der Waals surface area contributed by atoms with Crippen LogP contribution < -0.4 is 5.32 Å². The molecule has 3 heterocycles. The first kappa shape index (κ1) is 18.7. The van der Waals surface area contributed by atoms with Crippen LogP contribution in [0, 0.1) is 6.92 Å². The largest absolute Gasteiger partial charge is 0.325 e. The van der Waals surface area contributed by atoms with Gasteiger partial charge in [-0.15, -0.1) is 0 Å². The lowest BCUT2D eigenvalue weighted by molar-refractivity contribution is -0.122. The first-order chi connectivity index (χ1) is 14.4. The Balaban J connectivity index is 1.42. The number of aromatic nitrogens is 3. The van der Waals surface area contributed by atoms with Crippen molar-refractivity contribution in [3.8, 4) is 0 Å². The lowest BCUT2D eigenvalue weighted by Gasteiger charge is -2.38. The van der Waals surface area contributed by atoms with Crippen molar-refractivity contribution in [1.82, 2.24) is 19.5 Å². The topological polar surface area (TPSA) is 108 Å². The summed E-state index contributed by atoms with van der Waals surface area (Å²) in [7, 11) is -3.85. The van der Waals surface area contributed by atoms with E-state index in [1.807, 2.05) is 31.2 Å². The van der Waals surface area contributed by atoms with Crippen molar-refractivity contribution in [2.45, 2.75) is 24.3 Å². The van der Waals surface area contributed by atoms with Crippen molar-refractivity contribution in [2.75, 3.05) is 11.9 Å². The molecular weight excluding hydrogens is 402 g/mol. The van der Waals surface area contributed by atoms with Crippen LogP contribution in [-0.4, -0.2) is 46.4 Å². The SMILES string of the molecule is Cc1cc(S(=O)(=O)N2CC[C@H]2C(=O)Nc2ccc3ccncc3c2)c2[nH]ncc2c1. The van der Waals surface area contributed by atoms with Crippen molar-refractivity contribution >= 4 is 43.3 Å². The maximum Gasteiger partial charge on any atom is 0.245 e. The molecule has 0 radical (unpaired) electrons. The van der Waals surface area contributed by atoms with Gasteiger partial charge in [0.05, 0.1) is 11.7 Å². The highest BCUT2D eigenvalue weighted by molar-refractivity contribution is 7.89. The van der Waals surface area contributed by atoms with E-state index in [1.54, 1.807) is 30.7 Å². The number of hydrogen-bond acceptors (Lipinski definition) is 5. The van der Waals surface area contributed by atoms with Gasteiger partial charge >= 0.3 is 0 Å². The Morgan fingerprint density at radius 3 is 2.80 bits per heavy atom. The Bertz CT molecular complexity index is 1400. The summed E-state index contributed by atoms with van der Waals surface area (Å²) in [5.41, 5.74) is 1.87. The van der Waals surface area contributed by atoms with Crippen LogP contribution in [0.2, 0.25) is 0 Å². The van der Waals surface area contributed by atoms with Crippen molar-refractivity contribution in [3.63, 3.8) is 0 Å². The van der Waals surface area contributed by atoms with E-state index in [0.717, 1.165) is 21.7 Å². The molecule has 0 saturated carbocycles. The average molecular weight is 421 g/mol. The third-order valence-corrected chi connectivity index (χ3v) is 7.36. The molecule has 1 amide bonds. The van der Waals surface area contributed by atoms with Crippen LogP contribution in [0.15, 0.2) is 59.9 Å². The van der Waals surface area contributed by atoms with Crippen LogP contribution in [0.4, 0.5) is 5.69 Å². The zero-order chi connectivity index (χ0) is 20.9. The number of rotatable bonds is 4. The number of nitrogens with one attached hydrogen (secondary N) is 2. The zero-order valence-electron chi connectivity index (χ0n) is 16.2. The number of fused-ring (bicyclic) bond motifs is 2. The third-order valence-electron chi connectivity index (χ3n) is 5.42. The van der Waals surface area contributed by atoms with Gasteiger partial charge < -0.3 is 5.32 Å². The molecule has 0 spiro atoms. The van der Waals surface area contributed by atoms with Crippen LogP contribution >= 0.6 is 0 Å². The predicted molar refractivity (Wildman–Crippen MR) is 114 cm³/mol. The number of carbonyl (C=O) groups excluding carboxylic acids is 1. The van der Waals surface area contributed by atoms with E-state index in [4.69, 9.17) is 0 Å². The van der Waals surface area contributed by atoms with Gasteiger partial charge in [0.2, 0.25) is 15.9 Å². The zero-order valence-corrected chi connectivity index (χ0v) is 17.0. The third kappa shape index (κ3) is 3.03. The maximum absolute atomic E-state index is 13.3. The molecular formula is C21H19N5O3S. The second kappa shape index (κ2) is 6.89. The summed E-state index contributed by atoms with van der Waals surface area (Å²) in [5.74, 6) is -0.346. The van der Waals surface area contributed by atoms with E-state index >= 15 is 0 Å². The molecule has 152 valence electrons. The first-order valence-corrected chi connectivity index (χ1v) is 11.0. The number of H-pyrrole nitrogens is 1. The van der Waals surface area contributed by atoms with E-state index in [9.17, 15) is 13.2 Å². The molecule has 2 aromatic heterocycles. The van der Waals surface area contributed by atoms with Gasteiger partial charge in [-0.1, -0.05) is 6.07 Å². The molecule has 0 unspecified atom stereocenters. The molecule has 5 rings (SSSR count). The van der Waals surface area contributed by atoms with Crippen molar-refractivity contribution in [3.05, 3.63) is 60.6 Å². The second-order valence-electron chi connectivity index (χ2n) is 7.44. The fourth-order valence-corrected chi connectivity index (χ4v) is 5.69. The average Bonchev–Trinajstić information content (AvgIpc) is 3.14. The maximum atomic E-state index is 13.3. The smallest absolute Gasteiger partial charge is 0.245 e. The molecule has 4 aromatic rings. The molecule has 1 fully saturated rings. The summed E-state index contributed by atoms with van der Waals surface area (Å²) in [6, 6.07) is 10.1. The Morgan fingerprint density at radius 1 is 1.13 bits per heavy atom.